The van der Waals surface area contributed by atoms with E-state index in [0.717, 1.165) is 32.7 Å². The van der Waals surface area contributed by atoms with E-state index < -0.39 is 0 Å². The van der Waals surface area contributed by atoms with Gasteiger partial charge in [-0.1, -0.05) is 0 Å². The monoisotopic (exact) mass is 363 g/mol. The Morgan fingerprint density at radius 1 is 1.15 bits per heavy atom. The number of amides is 2. The zero-order chi connectivity index (χ0) is 18.6. The molecule has 0 radical (unpaired) electrons. The Morgan fingerprint density at radius 3 is 2.27 bits per heavy atom. The summed E-state index contributed by atoms with van der Waals surface area (Å²) in [6.07, 6.45) is 2.25. The highest BCUT2D eigenvalue weighted by Gasteiger charge is 2.63. The second-order valence-electron chi connectivity index (χ2n) is 9.14. The molecule has 0 aromatic heterocycles. The van der Waals surface area contributed by atoms with Gasteiger partial charge in [-0.15, -0.1) is 0 Å². The van der Waals surface area contributed by atoms with Crippen molar-refractivity contribution in [3.8, 4) is 0 Å². The molecule has 6 nitrogen and oxygen atoms in total. The topological polar surface area (TPSA) is 53.1 Å². The number of ether oxygens (including phenoxy) is 1. The average molecular weight is 364 g/mol. The Kier molecular flexibility index (Phi) is 4.45. The third-order valence-electron chi connectivity index (χ3n) is 7.19. The largest absolute Gasteiger partial charge is 0.450 e. The van der Waals surface area contributed by atoms with Crippen LogP contribution in [0.2, 0.25) is 0 Å². The number of carbonyl (C=O) groups is 2. The molecule has 1 spiro atoms. The highest BCUT2D eigenvalue weighted by molar-refractivity contribution is 5.83. The van der Waals surface area contributed by atoms with Crippen LogP contribution in [0.4, 0.5) is 4.79 Å². The van der Waals surface area contributed by atoms with Crippen molar-refractivity contribution in [1.29, 1.82) is 0 Å². The number of hydrogen-bond donors (Lipinski definition) is 0. The maximum Gasteiger partial charge on any atom is 0.409 e. The van der Waals surface area contributed by atoms with Crippen LogP contribution in [0.3, 0.4) is 0 Å². The summed E-state index contributed by atoms with van der Waals surface area (Å²) in [7, 11) is 0. The van der Waals surface area contributed by atoms with E-state index in [0.29, 0.717) is 41.8 Å². The summed E-state index contributed by atoms with van der Waals surface area (Å²) in [6.45, 7) is 13.3. The molecule has 4 rings (SSSR count). The Balaban J connectivity index is 1.21. The Morgan fingerprint density at radius 2 is 1.77 bits per heavy atom. The normalized spacial score (nSPS) is 32.2. The molecule has 0 N–H and O–H groups in total. The molecule has 2 heterocycles. The predicted octanol–water partition coefficient (Wildman–Crippen LogP) is 2.04. The molecule has 3 atom stereocenters. The first-order chi connectivity index (χ1) is 12.4. The first kappa shape index (κ1) is 18.1. The quantitative estimate of drug-likeness (QED) is 0.750. The maximum atomic E-state index is 12.7. The van der Waals surface area contributed by atoms with E-state index in [2.05, 4.69) is 25.7 Å². The van der Waals surface area contributed by atoms with Crippen molar-refractivity contribution in [3.05, 3.63) is 0 Å². The molecule has 0 unspecified atom stereocenters. The maximum absolute atomic E-state index is 12.7. The highest BCUT2D eigenvalue weighted by Crippen LogP contribution is 2.57. The van der Waals surface area contributed by atoms with Crippen molar-refractivity contribution >= 4 is 12.0 Å². The summed E-state index contributed by atoms with van der Waals surface area (Å²) in [4.78, 5) is 30.9. The van der Waals surface area contributed by atoms with Crippen LogP contribution in [0, 0.1) is 23.2 Å². The van der Waals surface area contributed by atoms with Gasteiger partial charge in [0.05, 0.1) is 6.61 Å². The molecule has 0 aromatic rings. The summed E-state index contributed by atoms with van der Waals surface area (Å²) in [6, 6.07) is 0.965. The first-order valence-corrected chi connectivity index (χ1v) is 10.4. The third-order valence-corrected chi connectivity index (χ3v) is 7.19. The number of nitrogens with zero attached hydrogens (tertiary/aromatic N) is 3. The van der Waals surface area contributed by atoms with Gasteiger partial charge in [0.2, 0.25) is 5.91 Å². The van der Waals surface area contributed by atoms with Crippen LogP contribution >= 0.6 is 0 Å². The molecule has 2 aliphatic heterocycles. The Labute approximate surface area is 156 Å². The molecule has 2 amide bonds. The summed E-state index contributed by atoms with van der Waals surface area (Å²) in [5.74, 6) is 1.84. The van der Waals surface area contributed by atoms with Crippen molar-refractivity contribution in [2.75, 3.05) is 39.3 Å². The molecule has 2 aliphatic carbocycles. The van der Waals surface area contributed by atoms with E-state index in [1.165, 1.54) is 12.8 Å². The van der Waals surface area contributed by atoms with Crippen LogP contribution in [0.25, 0.3) is 0 Å². The highest BCUT2D eigenvalue weighted by atomic mass is 16.6. The van der Waals surface area contributed by atoms with Crippen LogP contribution in [0.1, 0.15) is 40.5 Å². The van der Waals surface area contributed by atoms with Crippen molar-refractivity contribution in [3.63, 3.8) is 0 Å². The van der Waals surface area contributed by atoms with Gasteiger partial charge in [-0.25, -0.2) is 4.79 Å². The molecule has 4 aliphatic rings. The summed E-state index contributed by atoms with van der Waals surface area (Å²) in [5, 5.41) is 0. The molecular weight excluding hydrogens is 330 g/mol. The van der Waals surface area contributed by atoms with Gasteiger partial charge in [0.25, 0.3) is 0 Å². The summed E-state index contributed by atoms with van der Waals surface area (Å²) >= 11 is 0. The Hall–Kier alpha value is -1.30. The minimum Gasteiger partial charge on any atom is -0.450 e. The van der Waals surface area contributed by atoms with Gasteiger partial charge in [0.1, 0.15) is 0 Å². The lowest BCUT2D eigenvalue weighted by Gasteiger charge is -2.60. The number of carbonyl (C=O) groups excluding carboxylic acids is 2. The van der Waals surface area contributed by atoms with Crippen LogP contribution in [0.15, 0.2) is 0 Å². The number of fused-ring (bicyclic) bond motifs is 1. The lowest BCUT2D eigenvalue weighted by molar-refractivity contribution is -0.135. The lowest BCUT2D eigenvalue weighted by Crippen LogP contribution is -2.67. The van der Waals surface area contributed by atoms with Crippen molar-refractivity contribution in [2.24, 2.45) is 23.2 Å². The standard InChI is InChI=1S/C20H33N3O3/c1-5-23(13(3)4)18(24)17-15-9-21(10-16(15)17)14-7-20(8-14)11-22(12-20)19(25)26-6-2/h13-17H,5-12H2,1-4H3/t15-,16+,17-. The van der Waals surface area contributed by atoms with E-state index in [4.69, 9.17) is 4.74 Å². The first-order valence-electron chi connectivity index (χ1n) is 10.4. The minimum atomic E-state index is -0.157. The lowest BCUT2D eigenvalue weighted by atomic mass is 9.60. The molecular formula is C20H33N3O3. The molecule has 4 fully saturated rings. The second kappa shape index (κ2) is 6.39. The number of piperidine rings is 1. The fraction of sp³-hybridized carbons (Fsp3) is 0.900. The van der Waals surface area contributed by atoms with Gasteiger partial charge in [-0.3, -0.25) is 9.69 Å². The predicted molar refractivity (Wildman–Crippen MR) is 98.6 cm³/mol. The molecule has 0 bridgehead atoms. The van der Waals surface area contributed by atoms with Gasteiger partial charge < -0.3 is 14.5 Å². The SMILES string of the molecule is CCOC(=O)N1CC2(CC(N3C[C@@H]4[C@H](C3)[C@@H]4C(=O)N(CC)C(C)C)C2)C1. The van der Waals surface area contributed by atoms with Crippen LogP contribution < -0.4 is 0 Å². The van der Waals surface area contributed by atoms with E-state index in [1.54, 1.807) is 0 Å². The molecule has 6 heteroatoms. The van der Waals surface area contributed by atoms with Gasteiger partial charge in [0.15, 0.2) is 0 Å². The minimum absolute atomic E-state index is 0.157. The molecule has 2 saturated heterocycles. The number of hydrogen-bond acceptors (Lipinski definition) is 4. The van der Waals surface area contributed by atoms with Crippen molar-refractivity contribution < 1.29 is 14.3 Å². The molecule has 2 saturated carbocycles. The fourth-order valence-corrected chi connectivity index (χ4v) is 5.75. The Bertz CT molecular complexity index is 567. The third kappa shape index (κ3) is 2.81. The van der Waals surface area contributed by atoms with Gasteiger partial charge in [-0.05, 0) is 52.4 Å². The van der Waals surface area contributed by atoms with E-state index in [-0.39, 0.29) is 12.0 Å². The van der Waals surface area contributed by atoms with E-state index >= 15 is 0 Å². The van der Waals surface area contributed by atoms with Crippen molar-refractivity contribution in [2.45, 2.75) is 52.6 Å². The fourth-order valence-electron chi connectivity index (χ4n) is 5.75. The van der Waals surface area contributed by atoms with E-state index in [1.807, 2.05) is 16.7 Å². The zero-order valence-corrected chi connectivity index (χ0v) is 16.6. The van der Waals surface area contributed by atoms with Gasteiger partial charge in [-0.2, -0.15) is 0 Å². The molecule has 0 aromatic carbocycles. The van der Waals surface area contributed by atoms with Gasteiger partial charge in [0, 0.05) is 56.1 Å². The molecule has 26 heavy (non-hydrogen) atoms. The van der Waals surface area contributed by atoms with Crippen LogP contribution in [-0.4, -0.2) is 78.1 Å². The smallest absolute Gasteiger partial charge is 0.409 e. The van der Waals surface area contributed by atoms with Crippen LogP contribution in [-0.2, 0) is 9.53 Å². The van der Waals surface area contributed by atoms with Crippen molar-refractivity contribution in [1.82, 2.24) is 14.7 Å². The number of rotatable bonds is 5. The molecule has 146 valence electrons. The second-order valence-corrected chi connectivity index (χ2v) is 9.14. The summed E-state index contributed by atoms with van der Waals surface area (Å²) in [5.41, 5.74) is 0.357. The summed E-state index contributed by atoms with van der Waals surface area (Å²) < 4.78 is 5.07. The number of likely N-dealkylation sites (tertiary alicyclic amines) is 2. The van der Waals surface area contributed by atoms with Gasteiger partial charge >= 0.3 is 6.09 Å². The van der Waals surface area contributed by atoms with Crippen LogP contribution in [0.5, 0.6) is 0 Å². The van der Waals surface area contributed by atoms with E-state index in [9.17, 15) is 9.59 Å². The zero-order valence-electron chi connectivity index (χ0n) is 16.6. The average Bonchev–Trinajstić information content (AvgIpc) is 3.00.